The molecule has 0 aliphatic carbocycles. The van der Waals surface area contributed by atoms with Gasteiger partial charge in [-0.15, -0.1) is 0 Å². The maximum Gasteiger partial charge on any atom is 0.281 e. The quantitative estimate of drug-likeness (QED) is 0.760. The molecule has 3 saturated heterocycles. The third kappa shape index (κ3) is 2.01. The van der Waals surface area contributed by atoms with E-state index in [2.05, 4.69) is 5.32 Å². The van der Waals surface area contributed by atoms with Crippen molar-refractivity contribution < 1.29 is 8.42 Å². The summed E-state index contributed by atoms with van der Waals surface area (Å²) >= 11 is 0. The number of hydrogen-bond donors (Lipinski definition) is 1. The smallest absolute Gasteiger partial charge is 0.281 e. The minimum Gasteiger partial charge on any atom is -0.316 e. The third-order valence-corrected chi connectivity index (χ3v) is 6.43. The second-order valence-corrected chi connectivity index (χ2v) is 7.55. The van der Waals surface area contributed by atoms with Gasteiger partial charge in [-0.25, -0.2) is 0 Å². The first-order chi connectivity index (χ1) is 8.12. The Hall–Kier alpha value is -0.170. The van der Waals surface area contributed by atoms with Crippen molar-refractivity contribution in [2.45, 2.75) is 25.7 Å². The predicted octanol–water partition coefficient (Wildman–Crippen LogP) is 0.0124. The van der Waals surface area contributed by atoms with Crippen LogP contribution in [0, 0.1) is 5.41 Å². The van der Waals surface area contributed by atoms with E-state index in [0.717, 1.165) is 45.3 Å². The predicted molar refractivity (Wildman–Crippen MR) is 65.8 cm³/mol. The fraction of sp³-hybridized carbons (Fsp3) is 1.00. The molecule has 0 saturated carbocycles. The zero-order valence-electron chi connectivity index (χ0n) is 10.2. The average molecular weight is 259 g/mol. The molecule has 0 amide bonds. The molecule has 1 unspecified atom stereocenters. The Morgan fingerprint density at radius 3 is 2.41 bits per heavy atom. The van der Waals surface area contributed by atoms with Crippen LogP contribution in [0.2, 0.25) is 0 Å². The highest BCUT2D eigenvalue weighted by Gasteiger charge is 2.45. The first-order valence-electron chi connectivity index (χ1n) is 6.58. The van der Waals surface area contributed by atoms with E-state index in [1.165, 1.54) is 0 Å². The van der Waals surface area contributed by atoms with Crippen molar-refractivity contribution in [1.29, 1.82) is 0 Å². The van der Waals surface area contributed by atoms with E-state index >= 15 is 0 Å². The summed E-state index contributed by atoms with van der Waals surface area (Å²) in [4.78, 5) is 0. The number of nitrogens with one attached hydrogen (secondary N) is 1. The Kier molecular flexibility index (Phi) is 2.93. The molecule has 3 aliphatic heterocycles. The molecule has 0 aromatic heterocycles. The monoisotopic (exact) mass is 259 g/mol. The molecule has 98 valence electrons. The zero-order chi connectivity index (χ0) is 11.9. The normalized spacial score (nSPS) is 36.2. The van der Waals surface area contributed by atoms with Crippen LogP contribution in [-0.4, -0.2) is 56.3 Å². The zero-order valence-corrected chi connectivity index (χ0v) is 11.0. The van der Waals surface area contributed by atoms with Crippen LogP contribution in [0.15, 0.2) is 0 Å². The summed E-state index contributed by atoms with van der Waals surface area (Å²) in [5.74, 6) is 0. The summed E-state index contributed by atoms with van der Waals surface area (Å²) in [6.45, 7) is 4.88. The lowest BCUT2D eigenvalue weighted by molar-refractivity contribution is 0.326. The van der Waals surface area contributed by atoms with Crippen molar-refractivity contribution in [2.75, 3.05) is 39.3 Å². The Morgan fingerprint density at radius 2 is 1.76 bits per heavy atom. The molecule has 3 heterocycles. The lowest BCUT2D eigenvalue weighted by atomic mass is 9.87. The lowest BCUT2D eigenvalue weighted by Crippen LogP contribution is -2.42. The van der Waals surface area contributed by atoms with Crippen LogP contribution in [0.5, 0.6) is 0 Å². The van der Waals surface area contributed by atoms with E-state index in [4.69, 9.17) is 0 Å². The van der Waals surface area contributed by atoms with Crippen molar-refractivity contribution >= 4 is 10.2 Å². The van der Waals surface area contributed by atoms with Crippen molar-refractivity contribution in [2.24, 2.45) is 5.41 Å². The lowest BCUT2D eigenvalue weighted by Gasteiger charge is -2.26. The van der Waals surface area contributed by atoms with Gasteiger partial charge in [0.15, 0.2) is 0 Å². The van der Waals surface area contributed by atoms with E-state index in [0.29, 0.717) is 19.6 Å². The van der Waals surface area contributed by atoms with Crippen LogP contribution in [0.3, 0.4) is 0 Å². The molecule has 0 aromatic rings. The van der Waals surface area contributed by atoms with Gasteiger partial charge in [-0.1, -0.05) is 0 Å². The van der Waals surface area contributed by atoms with Gasteiger partial charge in [0.25, 0.3) is 10.2 Å². The molecular formula is C11H21N3O2S. The Labute approximate surface area is 103 Å². The van der Waals surface area contributed by atoms with Gasteiger partial charge in [0.2, 0.25) is 0 Å². The van der Waals surface area contributed by atoms with Gasteiger partial charge in [0.1, 0.15) is 0 Å². The molecule has 5 nitrogen and oxygen atoms in total. The summed E-state index contributed by atoms with van der Waals surface area (Å²) in [6.07, 6.45) is 4.17. The molecule has 1 spiro atoms. The minimum atomic E-state index is -3.16. The molecule has 3 aliphatic rings. The highest BCUT2D eigenvalue weighted by atomic mass is 32.2. The average Bonchev–Trinajstić information content (AvgIpc) is 3.02. The fourth-order valence-corrected chi connectivity index (χ4v) is 5.12. The summed E-state index contributed by atoms with van der Waals surface area (Å²) in [6, 6.07) is 0. The highest BCUT2D eigenvalue weighted by Crippen LogP contribution is 2.37. The minimum absolute atomic E-state index is 0.229. The van der Waals surface area contributed by atoms with Crippen LogP contribution in [-0.2, 0) is 10.2 Å². The first-order valence-corrected chi connectivity index (χ1v) is 7.98. The van der Waals surface area contributed by atoms with Crippen LogP contribution >= 0.6 is 0 Å². The molecule has 17 heavy (non-hydrogen) atoms. The van der Waals surface area contributed by atoms with Crippen molar-refractivity contribution in [3.8, 4) is 0 Å². The van der Waals surface area contributed by atoms with Gasteiger partial charge in [-0.3, -0.25) is 0 Å². The molecule has 0 bridgehead atoms. The van der Waals surface area contributed by atoms with Gasteiger partial charge in [-0.05, 0) is 37.6 Å². The Balaban J connectivity index is 1.73. The topological polar surface area (TPSA) is 52.7 Å². The molecule has 6 heteroatoms. The van der Waals surface area contributed by atoms with Crippen LogP contribution in [0.25, 0.3) is 0 Å². The Bertz CT molecular complexity index is 384. The van der Waals surface area contributed by atoms with Crippen LogP contribution in [0.4, 0.5) is 0 Å². The molecule has 1 atom stereocenters. The van der Waals surface area contributed by atoms with Crippen molar-refractivity contribution in [3.05, 3.63) is 0 Å². The molecule has 3 fully saturated rings. The Morgan fingerprint density at radius 1 is 1.00 bits per heavy atom. The summed E-state index contributed by atoms with van der Waals surface area (Å²) < 4.78 is 28.2. The van der Waals surface area contributed by atoms with Gasteiger partial charge in [-0.2, -0.15) is 17.0 Å². The molecule has 0 radical (unpaired) electrons. The second kappa shape index (κ2) is 4.19. The first kappa shape index (κ1) is 11.9. The van der Waals surface area contributed by atoms with Crippen molar-refractivity contribution in [1.82, 2.24) is 13.9 Å². The maximum absolute atomic E-state index is 12.4. The van der Waals surface area contributed by atoms with Gasteiger partial charge >= 0.3 is 0 Å². The SMILES string of the molecule is O=S(=O)(N1CCCC1)N1CCC2(CCNC2)C1. The summed E-state index contributed by atoms with van der Waals surface area (Å²) in [5.41, 5.74) is 0.229. The second-order valence-electron chi connectivity index (χ2n) is 5.62. The van der Waals surface area contributed by atoms with E-state index in [1.54, 1.807) is 8.61 Å². The van der Waals surface area contributed by atoms with Crippen LogP contribution < -0.4 is 5.32 Å². The van der Waals surface area contributed by atoms with Gasteiger partial charge in [0, 0.05) is 32.7 Å². The molecule has 3 rings (SSSR count). The standard InChI is InChI=1S/C11H21N3O2S/c15-17(16,13-6-1-2-7-13)14-8-4-11(10-14)3-5-12-9-11/h12H,1-10H2. The molecule has 0 aromatic carbocycles. The molecular weight excluding hydrogens is 238 g/mol. The maximum atomic E-state index is 12.4. The van der Waals surface area contributed by atoms with E-state index in [9.17, 15) is 8.42 Å². The van der Waals surface area contributed by atoms with E-state index < -0.39 is 10.2 Å². The number of hydrogen-bond acceptors (Lipinski definition) is 3. The van der Waals surface area contributed by atoms with Gasteiger partial charge < -0.3 is 5.32 Å². The summed E-state index contributed by atoms with van der Waals surface area (Å²) in [7, 11) is -3.16. The van der Waals surface area contributed by atoms with E-state index in [-0.39, 0.29) is 5.41 Å². The molecule has 1 N–H and O–H groups in total. The van der Waals surface area contributed by atoms with Crippen molar-refractivity contribution in [3.63, 3.8) is 0 Å². The highest BCUT2D eigenvalue weighted by molar-refractivity contribution is 7.86. The third-order valence-electron chi connectivity index (χ3n) is 4.45. The summed E-state index contributed by atoms with van der Waals surface area (Å²) in [5, 5.41) is 3.36. The number of nitrogens with zero attached hydrogens (tertiary/aromatic N) is 2. The van der Waals surface area contributed by atoms with Crippen LogP contribution in [0.1, 0.15) is 25.7 Å². The van der Waals surface area contributed by atoms with Gasteiger partial charge in [0.05, 0.1) is 0 Å². The largest absolute Gasteiger partial charge is 0.316 e. The van der Waals surface area contributed by atoms with E-state index in [1.807, 2.05) is 0 Å². The fourth-order valence-electron chi connectivity index (χ4n) is 3.32. The number of rotatable bonds is 2.